The first-order chi connectivity index (χ1) is 7.65. The Balaban J connectivity index is 1.89. The minimum atomic E-state index is 0.226. The number of rotatable bonds is 3. The molecule has 16 heavy (non-hydrogen) atoms. The number of nitrogens with zero attached hydrogens (tertiary/aromatic N) is 1. The van der Waals surface area contributed by atoms with Crippen molar-refractivity contribution in [1.82, 2.24) is 10.3 Å². The lowest BCUT2D eigenvalue weighted by Gasteiger charge is -2.29. The van der Waals surface area contributed by atoms with Gasteiger partial charge in [-0.25, -0.2) is 4.98 Å². The molecule has 1 saturated carbocycles. The Morgan fingerprint density at radius 3 is 2.94 bits per heavy atom. The molecule has 0 saturated heterocycles. The van der Waals surface area contributed by atoms with Gasteiger partial charge in [0.15, 0.2) is 0 Å². The number of hydrogen-bond acceptors (Lipinski definition) is 3. The summed E-state index contributed by atoms with van der Waals surface area (Å²) < 4.78 is 5.54. The molecule has 1 aliphatic rings. The molecule has 0 amide bonds. The Labute approximate surface area is 97.6 Å². The maximum Gasteiger partial charge on any atom is 0.211 e. The summed E-state index contributed by atoms with van der Waals surface area (Å²) in [6.45, 7) is 6.41. The maximum absolute atomic E-state index is 5.54. The van der Waals surface area contributed by atoms with Crippen LogP contribution in [0.1, 0.15) is 57.2 Å². The lowest BCUT2D eigenvalue weighted by molar-refractivity contribution is 0.270. The van der Waals surface area contributed by atoms with Crippen molar-refractivity contribution in [1.29, 1.82) is 0 Å². The maximum atomic E-state index is 5.54. The first kappa shape index (κ1) is 11.6. The summed E-state index contributed by atoms with van der Waals surface area (Å²) in [5.74, 6) is 2.56. The van der Waals surface area contributed by atoms with Gasteiger partial charge in [-0.3, -0.25) is 0 Å². The van der Waals surface area contributed by atoms with E-state index in [0.29, 0.717) is 6.04 Å². The predicted octanol–water partition coefficient (Wildman–Crippen LogP) is 3.21. The van der Waals surface area contributed by atoms with Crippen LogP contribution in [-0.2, 0) is 0 Å². The van der Waals surface area contributed by atoms with E-state index in [4.69, 9.17) is 4.42 Å². The van der Waals surface area contributed by atoms with Gasteiger partial charge in [0.1, 0.15) is 5.76 Å². The zero-order chi connectivity index (χ0) is 11.5. The standard InChI is InChI=1S/C13H22N2O/c1-9-5-4-6-12(7-9)15-11(3)13-14-8-10(2)16-13/h8-9,11-12,15H,4-7H2,1-3H3. The Kier molecular flexibility index (Phi) is 3.64. The number of aromatic nitrogens is 1. The van der Waals surface area contributed by atoms with Gasteiger partial charge in [-0.2, -0.15) is 0 Å². The molecular formula is C13H22N2O. The van der Waals surface area contributed by atoms with Crippen molar-refractivity contribution in [2.75, 3.05) is 0 Å². The monoisotopic (exact) mass is 222 g/mol. The van der Waals surface area contributed by atoms with E-state index in [9.17, 15) is 0 Å². The first-order valence-electron chi connectivity index (χ1n) is 6.33. The third-order valence-electron chi connectivity index (χ3n) is 3.43. The van der Waals surface area contributed by atoms with Crippen LogP contribution in [0.15, 0.2) is 10.6 Å². The van der Waals surface area contributed by atoms with Crippen molar-refractivity contribution in [3.63, 3.8) is 0 Å². The molecule has 1 fully saturated rings. The van der Waals surface area contributed by atoms with E-state index in [1.165, 1.54) is 25.7 Å². The van der Waals surface area contributed by atoms with Crippen molar-refractivity contribution >= 4 is 0 Å². The van der Waals surface area contributed by atoms with Crippen LogP contribution in [0.3, 0.4) is 0 Å². The second-order valence-corrected chi connectivity index (χ2v) is 5.17. The third kappa shape index (κ3) is 2.85. The lowest BCUT2D eigenvalue weighted by Crippen LogP contribution is -2.35. The van der Waals surface area contributed by atoms with E-state index in [2.05, 4.69) is 24.1 Å². The summed E-state index contributed by atoms with van der Waals surface area (Å²) in [4.78, 5) is 4.27. The largest absolute Gasteiger partial charge is 0.444 e. The van der Waals surface area contributed by atoms with Crippen LogP contribution >= 0.6 is 0 Å². The topological polar surface area (TPSA) is 38.1 Å². The molecule has 3 nitrogen and oxygen atoms in total. The minimum absolute atomic E-state index is 0.226. The van der Waals surface area contributed by atoms with Gasteiger partial charge >= 0.3 is 0 Å². The smallest absolute Gasteiger partial charge is 0.211 e. The highest BCUT2D eigenvalue weighted by molar-refractivity contribution is 4.96. The van der Waals surface area contributed by atoms with E-state index >= 15 is 0 Å². The van der Waals surface area contributed by atoms with Crippen LogP contribution in [0.25, 0.3) is 0 Å². The summed E-state index contributed by atoms with van der Waals surface area (Å²) in [5.41, 5.74) is 0. The third-order valence-corrected chi connectivity index (χ3v) is 3.43. The highest BCUT2D eigenvalue weighted by atomic mass is 16.4. The van der Waals surface area contributed by atoms with Gasteiger partial charge in [0, 0.05) is 6.04 Å². The second kappa shape index (κ2) is 5.00. The van der Waals surface area contributed by atoms with Crippen LogP contribution in [0.4, 0.5) is 0 Å². The summed E-state index contributed by atoms with van der Waals surface area (Å²) in [6, 6.07) is 0.856. The Bertz CT molecular complexity index is 334. The lowest BCUT2D eigenvalue weighted by atomic mass is 9.87. The van der Waals surface area contributed by atoms with Gasteiger partial charge < -0.3 is 9.73 Å². The van der Waals surface area contributed by atoms with Crippen LogP contribution in [-0.4, -0.2) is 11.0 Å². The molecule has 3 atom stereocenters. The highest BCUT2D eigenvalue weighted by Crippen LogP contribution is 2.25. The fourth-order valence-electron chi connectivity index (χ4n) is 2.58. The van der Waals surface area contributed by atoms with E-state index in [-0.39, 0.29) is 6.04 Å². The summed E-state index contributed by atoms with van der Waals surface area (Å²) >= 11 is 0. The van der Waals surface area contributed by atoms with Crippen LogP contribution < -0.4 is 5.32 Å². The van der Waals surface area contributed by atoms with Gasteiger partial charge in [-0.1, -0.05) is 19.8 Å². The molecular weight excluding hydrogens is 200 g/mol. The Hall–Kier alpha value is -0.830. The number of oxazole rings is 1. The molecule has 1 heterocycles. The summed E-state index contributed by atoms with van der Waals surface area (Å²) in [5, 5.41) is 3.62. The fraction of sp³-hybridized carbons (Fsp3) is 0.769. The van der Waals surface area contributed by atoms with Crippen LogP contribution in [0, 0.1) is 12.8 Å². The van der Waals surface area contributed by atoms with E-state index in [1.54, 1.807) is 6.20 Å². The Morgan fingerprint density at radius 1 is 1.50 bits per heavy atom. The molecule has 0 aliphatic heterocycles. The van der Waals surface area contributed by atoms with E-state index < -0.39 is 0 Å². The molecule has 0 bridgehead atoms. The molecule has 1 aromatic heterocycles. The number of aryl methyl sites for hydroxylation is 1. The average molecular weight is 222 g/mol. The molecule has 0 radical (unpaired) electrons. The summed E-state index contributed by atoms with van der Waals surface area (Å²) in [6.07, 6.45) is 7.08. The quantitative estimate of drug-likeness (QED) is 0.853. The van der Waals surface area contributed by atoms with Crippen molar-refractivity contribution in [2.45, 2.75) is 58.5 Å². The SMILES string of the molecule is Cc1cnc(C(C)NC2CCCC(C)C2)o1. The average Bonchev–Trinajstić information content (AvgIpc) is 2.65. The number of nitrogens with one attached hydrogen (secondary N) is 1. The van der Waals surface area contributed by atoms with Gasteiger partial charge in [-0.05, 0) is 32.6 Å². The number of hydrogen-bond donors (Lipinski definition) is 1. The van der Waals surface area contributed by atoms with Crippen molar-refractivity contribution in [3.05, 3.63) is 17.8 Å². The van der Waals surface area contributed by atoms with Crippen molar-refractivity contribution < 1.29 is 4.42 Å². The molecule has 3 unspecified atom stereocenters. The van der Waals surface area contributed by atoms with Gasteiger partial charge in [0.05, 0.1) is 12.2 Å². The van der Waals surface area contributed by atoms with Crippen LogP contribution in [0.2, 0.25) is 0 Å². The zero-order valence-electron chi connectivity index (χ0n) is 10.5. The fourth-order valence-corrected chi connectivity index (χ4v) is 2.58. The van der Waals surface area contributed by atoms with E-state index in [0.717, 1.165) is 17.6 Å². The summed E-state index contributed by atoms with van der Waals surface area (Å²) in [7, 11) is 0. The first-order valence-corrected chi connectivity index (χ1v) is 6.33. The van der Waals surface area contributed by atoms with E-state index in [1.807, 2.05) is 6.92 Å². The Morgan fingerprint density at radius 2 is 2.31 bits per heavy atom. The predicted molar refractivity (Wildman–Crippen MR) is 64.2 cm³/mol. The van der Waals surface area contributed by atoms with Gasteiger partial charge in [0.2, 0.25) is 5.89 Å². The molecule has 3 heteroatoms. The molecule has 1 N–H and O–H groups in total. The van der Waals surface area contributed by atoms with Crippen LogP contribution in [0.5, 0.6) is 0 Å². The van der Waals surface area contributed by atoms with Gasteiger partial charge in [0.25, 0.3) is 0 Å². The molecule has 0 spiro atoms. The highest BCUT2D eigenvalue weighted by Gasteiger charge is 2.22. The molecule has 2 rings (SSSR count). The van der Waals surface area contributed by atoms with Gasteiger partial charge in [-0.15, -0.1) is 0 Å². The molecule has 0 aromatic carbocycles. The molecule has 1 aliphatic carbocycles. The zero-order valence-corrected chi connectivity index (χ0v) is 10.5. The molecule has 1 aromatic rings. The minimum Gasteiger partial charge on any atom is -0.444 e. The second-order valence-electron chi connectivity index (χ2n) is 5.17. The van der Waals surface area contributed by atoms with Crippen molar-refractivity contribution in [2.24, 2.45) is 5.92 Å². The van der Waals surface area contributed by atoms with Crippen molar-refractivity contribution in [3.8, 4) is 0 Å². The normalized spacial score (nSPS) is 27.9. The molecule has 90 valence electrons.